The van der Waals surface area contributed by atoms with Gasteiger partial charge in [0.2, 0.25) is 0 Å². The van der Waals surface area contributed by atoms with E-state index in [0.29, 0.717) is 5.75 Å². The maximum absolute atomic E-state index is 9.97. The summed E-state index contributed by atoms with van der Waals surface area (Å²) in [5.74, 6) is 0.319. The van der Waals surface area contributed by atoms with Gasteiger partial charge in [-0.1, -0.05) is 38.1 Å². The fourth-order valence-electron chi connectivity index (χ4n) is 3.48. The molecule has 1 fully saturated rings. The molecule has 24 heavy (non-hydrogen) atoms. The quantitative estimate of drug-likeness (QED) is 0.912. The molecule has 2 aromatic rings. The number of hydrogen-bond acceptors (Lipinski definition) is 4. The normalized spacial score (nSPS) is 19.3. The topological polar surface area (TPSA) is 32.7 Å². The van der Waals surface area contributed by atoms with Gasteiger partial charge in [-0.2, -0.15) is 0 Å². The summed E-state index contributed by atoms with van der Waals surface area (Å²) < 4.78 is 6.88. The van der Waals surface area contributed by atoms with Crippen LogP contribution in [0.4, 0.5) is 5.00 Å². The zero-order valence-electron chi connectivity index (χ0n) is 14.2. The molecule has 0 bridgehead atoms. The van der Waals surface area contributed by atoms with E-state index in [4.69, 9.17) is 4.74 Å². The van der Waals surface area contributed by atoms with Gasteiger partial charge in [0, 0.05) is 23.2 Å². The third-order valence-corrected chi connectivity index (χ3v) is 6.00. The Hall–Kier alpha value is -1.78. The van der Waals surface area contributed by atoms with E-state index in [0.717, 1.165) is 38.3 Å². The number of aromatic hydroxyl groups is 1. The van der Waals surface area contributed by atoms with Crippen LogP contribution in [0, 0.1) is 5.41 Å². The number of fused-ring (bicyclic) bond motifs is 1. The van der Waals surface area contributed by atoms with Crippen LogP contribution in [0.3, 0.4) is 0 Å². The monoisotopic (exact) mass is 341 g/mol. The van der Waals surface area contributed by atoms with Crippen molar-refractivity contribution >= 4 is 28.5 Å². The minimum Gasteiger partial charge on any atom is -0.508 e. The number of anilines is 1. The maximum Gasteiger partial charge on any atom is 0.116 e. The molecule has 1 saturated heterocycles. The molecule has 0 radical (unpaired) electrons. The lowest BCUT2D eigenvalue weighted by atomic mass is 9.85. The van der Waals surface area contributed by atoms with Crippen LogP contribution < -0.4 is 14.7 Å². The second kappa shape index (κ2) is 5.94. The summed E-state index contributed by atoms with van der Waals surface area (Å²) in [6.07, 6.45) is 5.85. The molecule has 4 heteroatoms. The smallest absolute Gasteiger partial charge is 0.116 e. The molecular formula is C20H23NO2S. The van der Waals surface area contributed by atoms with Crippen LogP contribution in [0.15, 0.2) is 24.3 Å². The first-order chi connectivity index (χ1) is 11.5. The van der Waals surface area contributed by atoms with Crippen molar-refractivity contribution in [1.29, 1.82) is 0 Å². The minimum atomic E-state index is 0.169. The van der Waals surface area contributed by atoms with E-state index in [-0.39, 0.29) is 5.41 Å². The first kappa shape index (κ1) is 15.7. The first-order valence-corrected chi connectivity index (χ1v) is 9.33. The average Bonchev–Trinajstić information content (AvgIpc) is 2.93. The van der Waals surface area contributed by atoms with Crippen molar-refractivity contribution in [2.45, 2.75) is 20.3 Å². The molecule has 4 rings (SSSR count). The molecule has 0 unspecified atom stereocenters. The van der Waals surface area contributed by atoms with Crippen LogP contribution in [0.2, 0.25) is 0 Å². The Morgan fingerprint density at radius 2 is 2.00 bits per heavy atom. The van der Waals surface area contributed by atoms with Gasteiger partial charge in [-0.15, -0.1) is 11.3 Å². The summed E-state index contributed by atoms with van der Waals surface area (Å²) >= 11 is 1.87. The molecule has 2 aliphatic rings. The van der Waals surface area contributed by atoms with Crippen LogP contribution in [-0.2, 0) is 4.74 Å². The van der Waals surface area contributed by atoms with E-state index in [9.17, 15) is 5.11 Å². The van der Waals surface area contributed by atoms with Crippen molar-refractivity contribution in [2.24, 2.45) is 5.41 Å². The van der Waals surface area contributed by atoms with Crippen molar-refractivity contribution in [1.82, 2.24) is 0 Å². The van der Waals surface area contributed by atoms with Gasteiger partial charge in [0.1, 0.15) is 10.8 Å². The molecule has 0 atom stereocenters. The standard InChI is InChI=1S/C20H23NO2S/c1-20(2)7-6-17-16(13-20)18(14-4-3-5-15(22)12-14)19(24-17)21-8-10-23-11-9-21/h3-6,12-13,22H,7-11H2,1-2H3. The molecule has 1 N–H and O–H groups in total. The number of thiophene rings is 1. The number of phenols is 1. The fourth-order valence-corrected chi connectivity index (χ4v) is 4.77. The highest BCUT2D eigenvalue weighted by atomic mass is 32.1. The van der Waals surface area contributed by atoms with Gasteiger partial charge >= 0.3 is 0 Å². The van der Waals surface area contributed by atoms with E-state index in [1.54, 1.807) is 6.07 Å². The number of phenolic OH excluding ortho intramolecular Hbond substituents is 1. The molecule has 0 saturated carbocycles. The van der Waals surface area contributed by atoms with Gasteiger partial charge in [-0.05, 0) is 34.8 Å². The number of morpholine rings is 1. The lowest BCUT2D eigenvalue weighted by Gasteiger charge is -2.28. The molecule has 3 nitrogen and oxygen atoms in total. The molecule has 1 aliphatic heterocycles. The van der Waals surface area contributed by atoms with Crippen molar-refractivity contribution < 1.29 is 9.84 Å². The zero-order chi connectivity index (χ0) is 16.7. The molecular weight excluding hydrogens is 318 g/mol. The van der Waals surface area contributed by atoms with Crippen molar-refractivity contribution in [2.75, 3.05) is 31.2 Å². The van der Waals surface area contributed by atoms with Crippen LogP contribution >= 0.6 is 11.3 Å². The fraction of sp³-hybridized carbons (Fsp3) is 0.400. The van der Waals surface area contributed by atoms with Gasteiger partial charge in [-0.25, -0.2) is 0 Å². The van der Waals surface area contributed by atoms with E-state index in [1.165, 1.54) is 20.3 Å². The number of hydrogen-bond donors (Lipinski definition) is 1. The van der Waals surface area contributed by atoms with Crippen LogP contribution in [0.25, 0.3) is 23.3 Å². The van der Waals surface area contributed by atoms with Crippen LogP contribution in [0.1, 0.15) is 20.3 Å². The van der Waals surface area contributed by atoms with Gasteiger partial charge in [0.15, 0.2) is 0 Å². The Bertz CT molecular complexity index is 876. The summed E-state index contributed by atoms with van der Waals surface area (Å²) in [5.41, 5.74) is 2.52. The molecule has 1 aromatic carbocycles. The molecule has 126 valence electrons. The average molecular weight is 341 g/mol. The van der Waals surface area contributed by atoms with Gasteiger partial charge in [0.25, 0.3) is 0 Å². The van der Waals surface area contributed by atoms with Gasteiger partial charge in [-0.3, -0.25) is 0 Å². The Kier molecular flexibility index (Phi) is 3.89. The summed E-state index contributed by atoms with van der Waals surface area (Å²) in [7, 11) is 0. The summed E-state index contributed by atoms with van der Waals surface area (Å²) in [5, 5.41) is 12.6. The second-order valence-electron chi connectivity index (χ2n) is 7.25. The molecule has 1 aromatic heterocycles. The summed E-state index contributed by atoms with van der Waals surface area (Å²) in [6.45, 7) is 7.97. The third-order valence-electron chi connectivity index (χ3n) is 4.74. The number of benzene rings is 1. The first-order valence-electron chi connectivity index (χ1n) is 8.51. The summed E-state index contributed by atoms with van der Waals surface area (Å²) in [6, 6.07) is 7.63. The van der Waals surface area contributed by atoms with Crippen molar-refractivity contribution in [3.63, 3.8) is 0 Å². The number of ether oxygens (including phenoxy) is 1. The van der Waals surface area contributed by atoms with E-state index in [1.807, 2.05) is 23.5 Å². The Morgan fingerprint density at radius 3 is 2.75 bits per heavy atom. The van der Waals surface area contributed by atoms with Gasteiger partial charge < -0.3 is 14.7 Å². The Labute approximate surface area is 146 Å². The van der Waals surface area contributed by atoms with Gasteiger partial charge in [0.05, 0.1) is 13.2 Å². The van der Waals surface area contributed by atoms with E-state index in [2.05, 4.69) is 37.0 Å². The van der Waals surface area contributed by atoms with Crippen molar-refractivity contribution in [3.8, 4) is 16.9 Å². The number of nitrogens with zero attached hydrogens (tertiary/aromatic N) is 1. The molecule has 2 heterocycles. The minimum absolute atomic E-state index is 0.169. The largest absolute Gasteiger partial charge is 0.508 e. The molecule has 0 amide bonds. The predicted octanol–water partition coefficient (Wildman–Crippen LogP) is 2.95. The third kappa shape index (κ3) is 2.85. The SMILES string of the molecule is CC1(C)C=c2c(-c3cccc(O)c3)c(N3CCOCC3)sc2=CC1. The Balaban J connectivity index is 1.97. The van der Waals surface area contributed by atoms with Crippen LogP contribution in [-0.4, -0.2) is 31.4 Å². The van der Waals surface area contributed by atoms with Crippen molar-refractivity contribution in [3.05, 3.63) is 34.0 Å². The van der Waals surface area contributed by atoms with E-state index >= 15 is 0 Å². The van der Waals surface area contributed by atoms with Crippen LogP contribution in [0.5, 0.6) is 5.75 Å². The highest BCUT2D eigenvalue weighted by molar-refractivity contribution is 7.14. The predicted molar refractivity (Wildman–Crippen MR) is 101 cm³/mol. The lowest BCUT2D eigenvalue weighted by Crippen LogP contribution is -2.36. The Morgan fingerprint density at radius 1 is 1.21 bits per heavy atom. The van der Waals surface area contributed by atoms with E-state index < -0.39 is 0 Å². The highest BCUT2D eigenvalue weighted by Crippen LogP contribution is 2.35. The molecule has 1 aliphatic carbocycles. The zero-order valence-corrected chi connectivity index (χ0v) is 15.0. The second-order valence-corrected chi connectivity index (χ2v) is 8.28. The maximum atomic E-state index is 9.97. The lowest BCUT2D eigenvalue weighted by molar-refractivity contribution is 0.123. The highest BCUT2D eigenvalue weighted by Gasteiger charge is 2.24. The summed E-state index contributed by atoms with van der Waals surface area (Å²) in [4.78, 5) is 2.43. The number of rotatable bonds is 2. The molecule has 0 spiro atoms.